The lowest BCUT2D eigenvalue weighted by Crippen LogP contribution is -2.46. The van der Waals surface area contributed by atoms with Gasteiger partial charge in [-0.05, 0) is 38.1 Å². The van der Waals surface area contributed by atoms with Crippen LogP contribution in [0.15, 0.2) is 29.2 Å². The molecular weight excluding hydrogens is 280 g/mol. The molecule has 0 amide bonds. The van der Waals surface area contributed by atoms with E-state index >= 15 is 0 Å². The molecule has 1 heterocycles. The molecular formula is C17H28N2OS. The van der Waals surface area contributed by atoms with Crippen molar-refractivity contribution in [2.45, 2.75) is 44.4 Å². The van der Waals surface area contributed by atoms with Crippen molar-refractivity contribution in [3.8, 4) is 0 Å². The lowest BCUT2D eigenvalue weighted by Gasteiger charge is -2.35. The zero-order valence-electron chi connectivity index (χ0n) is 13.5. The molecule has 0 radical (unpaired) electrons. The summed E-state index contributed by atoms with van der Waals surface area (Å²) >= 11 is 1.90. The number of rotatable bonds is 7. The van der Waals surface area contributed by atoms with E-state index in [1.165, 1.54) is 10.5 Å². The summed E-state index contributed by atoms with van der Waals surface area (Å²) in [7, 11) is 0. The fourth-order valence-electron chi connectivity index (χ4n) is 2.47. The highest BCUT2D eigenvalue weighted by Gasteiger charge is 2.22. The number of nitrogens with zero attached hydrogens (tertiary/aromatic N) is 1. The van der Waals surface area contributed by atoms with Gasteiger partial charge in [-0.1, -0.05) is 19.1 Å². The molecule has 1 atom stereocenters. The van der Waals surface area contributed by atoms with E-state index < -0.39 is 0 Å². The fraction of sp³-hybridized carbons (Fsp3) is 0.647. The Balaban J connectivity index is 1.77. The molecule has 1 fully saturated rings. The van der Waals surface area contributed by atoms with Gasteiger partial charge in [0.15, 0.2) is 0 Å². The van der Waals surface area contributed by atoms with E-state index in [9.17, 15) is 0 Å². The van der Waals surface area contributed by atoms with Gasteiger partial charge in [-0.25, -0.2) is 0 Å². The molecule has 0 bridgehead atoms. The molecule has 1 aromatic rings. The molecule has 1 aromatic carbocycles. The van der Waals surface area contributed by atoms with E-state index in [1.807, 2.05) is 11.8 Å². The van der Waals surface area contributed by atoms with Crippen LogP contribution in [0.25, 0.3) is 0 Å². The average Bonchev–Trinajstić information content (AvgIpc) is 2.52. The van der Waals surface area contributed by atoms with Gasteiger partial charge in [0.2, 0.25) is 0 Å². The van der Waals surface area contributed by atoms with Gasteiger partial charge in [-0.2, -0.15) is 0 Å². The smallest absolute Gasteiger partial charge is 0.0796 e. The molecule has 1 unspecified atom stereocenters. The summed E-state index contributed by atoms with van der Waals surface area (Å²) in [6.45, 7) is 11.6. The molecule has 118 valence electrons. The third-order valence-corrected chi connectivity index (χ3v) is 4.98. The highest BCUT2D eigenvalue weighted by atomic mass is 32.2. The van der Waals surface area contributed by atoms with Crippen molar-refractivity contribution in [2.75, 3.05) is 32.0 Å². The molecule has 1 aliphatic rings. The Kier molecular flexibility index (Phi) is 7.04. The number of nitrogens with one attached hydrogen (secondary N) is 1. The number of thioether (sulfide) groups is 1. The lowest BCUT2D eigenvalue weighted by molar-refractivity contribution is -0.0265. The molecule has 4 heteroatoms. The monoisotopic (exact) mass is 308 g/mol. The highest BCUT2D eigenvalue weighted by molar-refractivity contribution is 7.99. The molecule has 0 aliphatic carbocycles. The summed E-state index contributed by atoms with van der Waals surface area (Å²) in [5.74, 6) is 1.04. The second-order valence-corrected chi connectivity index (χ2v) is 6.91. The van der Waals surface area contributed by atoms with Gasteiger partial charge in [0.25, 0.3) is 0 Å². The van der Waals surface area contributed by atoms with Crippen LogP contribution in [0.2, 0.25) is 0 Å². The molecule has 2 rings (SSSR count). The van der Waals surface area contributed by atoms with Crippen molar-refractivity contribution in [3.63, 3.8) is 0 Å². The Morgan fingerprint density at radius 2 is 2.10 bits per heavy atom. The minimum atomic E-state index is 0.354. The number of hydrogen-bond donors (Lipinski definition) is 1. The van der Waals surface area contributed by atoms with E-state index in [4.69, 9.17) is 4.74 Å². The summed E-state index contributed by atoms with van der Waals surface area (Å²) in [5.41, 5.74) is 1.35. The van der Waals surface area contributed by atoms with Crippen molar-refractivity contribution in [3.05, 3.63) is 29.8 Å². The van der Waals surface area contributed by atoms with E-state index in [1.54, 1.807) is 0 Å². The maximum Gasteiger partial charge on any atom is 0.0796 e. The largest absolute Gasteiger partial charge is 0.375 e. The summed E-state index contributed by atoms with van der Waals surface area (Å²) in [6, 6.07) is 9.49. The minimum Gasteiger partial charge on any atom is -0.375 e. The third kappa shape index (κ3) is 5.62. The molecule has 1 aliphatic heterocycles. The quantitative estimate of drug-likeness (QED) is 0.783. The summed E-state index contributed by atoms with van der Waals surface area (Å²) < 4.78 is 5.88. The van der Waals surface area contributed by atoms with Crippen LogP contribution in [0.1, 0.15) is 26.3 Å². The zero-order valence-corrected chi connectivity index (χ0v) is 14.3. The second-order valence-electron chi connectivity index (χ2n) is 5.82. The number of hydrogen-bond acceptors (Lipinski definition) is 4. The van der Waals surface area contributed by atoms with Crippen molar-refractivity contribution in [2.24, 2.45) is 0 Å². The predicted octanol–water partition coefficient (Wildman–Crippen LogP) is 3.00. The molecule has 1 N–H and O–H groups in total. The van der Waals surface area contributed by atoms with Crippen LogP contribution in [0.4, 0.5) is 0 Å². The third-order valence-electron chi connectivity index (χ3n) is 3.84. The molecule has 0 aromatic heterocycles. The average molecular weight is 308 g/mol. The van der Waals surface area contributed by atoms with Crippen molar-refractivity contribution < 1.29 is 4.74 Å². The van der Waals surface area contributed by atoms with Crippen LogP contribution in [0.3, 0.4) is 0 Å². The molecule has 0 spiro atoms. The molecule has 1 saturated heterocycles. The van der Waals surface area contributed by atoms with Gasteiger partial charge in [-0.3, -0.25) is 4.90 Å². The van der Waals surface area contributed by atoms with Gasteiger partial charge >= 0.3 is 0 Å². The first-order valence-corrected chi connectivity index (χ1v) is 8.95. The Morgan fingerprint density at radius 3 is 2.76 bits per heavy atom. The van der Waals surface area contributed by atoms with Crippen molar-refractivity contribution in [1.82, 2.24) is 10.2 Å². The highest BCUT2D eigenvalue weighted by Crippen LogP contribution is 2.22. The maximum absolute atomic E-state index is 5.88. The summed E-state index contributed by atoms with van der Waals surface area (Å²) in [5, 5.41) is 3.35. The Bertz CT molecular complexity index is 408. The van der Waals surface area contributed by atoms with Crippen LogP contribution in [-0.2, 0) is 11.3 Å². The van der Waals surface area contributed by atoms with Crippen LogP contribution in [0.5, 0.6) is 0 Å². The standard InChI is InChI=1S/C17H28N2OS/c1-4-18-11-15-5-7-17(8-6-15)21-13-16-12-19(14(2)3)9-10-20-16/h5-8,14,16,18H,4,9-13H2,1-3H3. The van der Waals surface area contributed by atoms with Crippen molar-refractivity contribution in [1.29, 1.82) is 0 Å². The SMILES string of the molecule is CCNCc1ccc(SCC2CN(C(C)C)CCO2)cc1. The van der Waals surface area contributed by atoms with E-state index in [0.717, 1.165) is 38.5 Å². The number of morpholine rings is 1. The van der Waals surface area contributed by atoms with Gasteiger partial charge in [0.1, 0.15) is 0 Å². The molecule has 0 saturated carbocycles. The zero-order chi connectivity index (χ0) is 15.1. The van der Waals surface area contributed by atoms with Gasteiger partial charge in [-0.15, -0.1) is 11.8 Å². The normalized spacial score (nSPS) is 20.1. The van der Waals surface area contributed by atoms with Crippen LogP contribution < -0.4 is 5.32 Å². The first kappa shape index (κ1) is 16.8. The first-order chi connectivity index (χ1) is 10.2. The Hall–Kier alpha value is -0.550. The fourth-order valence-corrected chi connectivity index (χ4v) is 3.38. The van der Waals surface area contributed by atoms with Gasteiger partial charge in [0.05, 0.1) is 12.7 Å². The summed E-state index contributed by atoms with van der Waals surface area (Å²) in [6.07, 6.45) is 0.354. The molecule has 21 heavy (non-hydrogen) atoms. The van der Waals surface area contributed by atoms with E-state index in [0.29, 0.717) is 12.1 Å². The number of benzene rings is 1. The van der Waals surface area contributed by atoms with Crippen LogP contribution >= 0.6 is 11.8 Å². The lowest BCUT2D eigenvalue weighted by atomic mass is 10.2. The van der Waals surface area contributed by atoms with E-state index in [2.05, 4.69) is 55.3 Å². The second kappa shape index (κ2) is 8.79. The van der Waals surface area contributed by atoms with Crippen LogP contribution in [-0.4, -0.2) is 49.0 Å². The van der Waals surface area contributed by atoms with Gasteiger partial charge < -0.3 is 10.1 Å². The molecule has 3 nitrogen and oxygen atoms in total. The number of ether oxygens (including phenoxy) is 1. The first-order valence-electron chi connectivity index (χ1n) is 7.97. The maximum atomic E-state index is 5.88. The Labute approximate surface area is 133 Å². The Morgan fingerprint density at radius 1 is 1.33 bits per heavy atom. The topological polar surface area (TPSA) is 24.5 Å². The van der Waals surface area contributed by atoms with Gasteiger partial charge in [0, 0.05) is 36.3 Å². The van der Waals surface area contributed by atoms with Crippen molar-refractivity contribution >= 4 is 11.8 Å². The predicted molar refractivity (Wildman–Crippen MR) is 91.0 cm³/mol. The van der Waals surface area contributed by atoms with Crippen LogP contribution in [0, 0.1) is 0 Å². The minimum absolute atomic E-state index is 0.354. The summed E-state index contributed by atoms with van der Waals surface area (Å²) in [4.78, 5) is 3.84. The van der Waals surface area contributed by atoms with E-state index in [-0.39, 0.29) is 0 Å².